The van der Waals surface area contributed by atoms with Crippen molar-refractivity contribution in [3.05, 3.63) is 16.9 Å². The van der Waals surface area contributed by atoms with Gasteiger partial charge in [-0.05, 0) is 0 Å². The van der Waals surface area contributed by atoms with E-state index in [2.05, 4.69) is 5.10 Å². The van der Waals surface area contributed by atoms with Gasteiger partial charge in [-0.1, -0.05) is 11.6 Å². The summed E-state index contributed by atoms with van der Waals surface area (Å²) in [6.07, 6.45) is -10.1. The molecule has 0 fully saturated rings. The number of nitrogens with one attached hydrogen (secondary N) is 1. The minimum absolute atomic E-state index is 0.344. The normalized spacial score (nSPS) is 15.1. The van der Waals surface area contributed by atoms with E-state index in [0.29, 0.717) is 0 Å². The van der Waals surface area contributed by atoms with Crippen molar-refractivity contribution in [2.45, 2.75) is 18.4 Å². The van der Waals surface area contributed by atoms with Crippen LogP contribution in [-0.2, 0) is 7.05 Å². The Kier molecular flexibility index (Phi) is 4.37. The maximum atomic E-state index is 12.6. The van der Waals surface area contributed by atoms with Crippen molar-refractivity contribution in [2.24, 2.45) is 18.8 Å². The molecule has 0 aliphatic rings. The maximum absolute atomic E-state index is 12.6. The fourth-order valence-electron chi connectivity index (χ4n) is 1.67. The summed E-state index contributed by atoms with van der Waals surface area (Å²) in [5.74, 6) is 1.15. The van der Waals surface area contributed by atoms with E-state index in [1.54, 1.807) is 0 Å². The number of aryl methyl sites for hydroxylation is 1. The molecule has 1 atom stereocenters. The van der Waals surface area contributed by atoms with Gasteiger partial charge in [0.05, 0.1) is 23.0 Å². The lowest BCUT2D eigenvalue weighted by Crippen LogP contribution is -2.48. The Hall–Kier alpha value is -1.00. The minimum Gasteiger partial charge on any atom is -0.271 e. The van der Waals surface area contributed by atoms with Gasteiger partial charge in [0.1, 0.15) is 0 Å². The van der Waals surface area contributed by atoms with Crippen LogP contribution < -0.4 is 11.3 Å². The van der Waals surface area contributed by atoms with Gasteiger partial charge in [-0.2, -0.15) is 31.4 Å². The molecule has 3 N–H and O–H groups in total. The molecule has 1 heterocycles. The van der Waals surface area contributed by atoms with Crippen LogP contribution in [0, 0.1) is 5.92 Å². The second-order valence-corrected chi connectivity index (χ2v) is 4.11. The highest BCUT2D eigenvalue weighted by Crippen LogP contribution is 2.47. The number of hydrogen-bond donors (Lipinski definition) is 2. The Bertz CT molecular complexity index is 406. The Labute approximate surface area is 108 Å². The predicted octanol–water partition coefficient (Wildman–Crippen LogP) is 2.32. The molecule has 19 heavy (non-hydrogen) atoms. The lowest BCUT2D eigenvalue weighted by atomic mass is 9.96. The highest BCUT2D eigenvalue weighted by molar-refractivity contribution is 6.31. The summed E-state index contributed by atoms with van der Waals surface area (Å²) in [5, 5.41) is 3.14. The molecule has 1 unspecified atom stereocenters. The van der Waals surface area contributed by atoms with Crippen molar-refractivity contribution < 1.29 is 26.3 Å². The van der Waals surface area contributed by atoms with Gasteiger partial charge in [-0.25, -0.2) is 0 Å². The van der Waals surface area contributed by atoms with Gasteiger partial charge < -0.3 is 0 Å². The summed E-state index contributed by atoms with van der Waals surface area (Å²) in [5.41, 5.74) is 1.02. The van der Waals surface area contributed by atoms with Gasteiger partial charge in [0.2, 0.25) is 0 Å². The van der Waals surface area contributed by atoms with E-state index in [9.17, 15) is 26.3 Å². The summed E-state index contributed by atoms with van der Waals surface area (Å²) in [4.78, 5) is 0. The van der Waals surface area contributed by atoms with Crippen LogP contribution in [-0.4, -0.2) is 22.1 Å². The third-order valence-electron chi connectivity index (χ3n) is 2.45. The third-order valence-corrected chi connectivity index (χ3v) is 2.74. The molecule has 0 saturated heterocycles. The summed E-state index contributed by atoms with van der Waals surface area (Å²) < 4.78 is 76.5. The number of alkyl halides is 6. The lowest BCUT2D eigenvalue weighted by molar-refractivity contribution is -0.293. The van der Waals surface area contributed by atoms with E-state index in [-0.39, 0.29) is 5.02 Å². The number of hydrazine groups is 1. The summed E-state index contributed by atoms with van der Waals surface area (Å²) in [7, 11) is 1.16. The third kappa shape index (κ3) is 3.31. The van der Waals surface area contributed by atoms with Crippen molar-refractivity contribution in [1.29, 1.82) is 0 Å². The number of halogens is 7. The maximum Gasteiger partial charge on any atom is 0.402 e. The summed E-state index contributed by atoms with van der Waals surface area (Å²) >= 11 is 5.55. The number of rotatable bonds is 3. The number of hydrogen-bond acceptors (Lipinski definition) is 3. The van der Waals surface area contributed by atoms with Crippen LogP contribution in [0.15, 0.2) is 6.20 Å². The minimum atomic E-state index is -5.54. The molecule has 0 saturated carbocycles. The zero-order chi connectivity index (χ0) is 15.0. The van der Waals surface area contributed by atoms with Gasteiger partial charge in [0.25, 0.3) is 0 Å². The van der Waals surface area contributed by atoms with Crippen LogP contribution in [0.1, 0.15) is 11.7 Å². The van der Waals surface area contributed by atoms with Crippen LogP contribution in [0.4, 0.5) is 26.3 Å². The zero-order valence-electron chi connectivity index (χ0n) is 9.35. The van der Waals surface area contributed by atoms with Crippen molar-refractivity contribution in [3.8, 4) is 0 Å². The molecule has 110 valence electrons. The highest BCUT2D eigenvalue weighted by atomic mass is 35.5. The molecule has 0 aliphatic heterocycles. The first kappa shape index (κ1) is 16.1. The van der Waals surface area contributed by atoms with Crippen molar-refractivity contribution in [3.63, 3.8) is 0 Å². The smallest absolute Gasteiger partial charge is 0.271 e. The molecule has 1 aromatic rings. The molecular formula is C8H9ClF6N4. The molecular weight excluding hydrogens is 302 g/mol. The first-order valence-corrected chi connectivity index (χ1v) is 5.15. The lowest BCUT2D eigenvalue weighted by Gasteiger charge is -2.30. The molecule has 0 aromatic carbocycles. The standard InChI is InChI=1S/C8H9ClF6N4/c1-19-5(3(9)2-17-19)4(18-16)6(7(10,11)12)8(13,14)15/h2,4,6,18H,16H2,1H3. The van der Waals surface area contributed by atoms with Crippen LogP contribution in [0.5, 0.6) is 0 Å². The molecule has 0 spiro atoms. The van der Waals surface area contributed by atoms with Gasteiger partial charge in [-0.3, -0.25) is 16.0 Å². The van der Waals surface area contributed by atoms with E-state index in [1.165, 1.54) is 5.43 Å². The molecule has 0 radical (unpaired) electrons. The Morgan fingerprint density at radius 1 is 1.26 bits per heavy atom. The van der Waals surface area contributed by atoms with Gasteiger partial charge >= 0.3 is 12.4 Å². The summed E-state index contributed by atoms with van der Waals surface area (Å²) in [6, 6.07) is -2.29. The zero-order valence-corrected chi connectivity index (χ0v) is 10.1. The average molecular weight is 311 g/mol. The van der Waals surface area contributed by atoms with Crippen LogP contribution >= 0.6 is 11.6 Å². The fourth-order valence-corrected chi connectivity index (χ4v) is 1.95. The number of aromatic nitrogens is 2. The largest absolute Gasteiger partial charge is 0.402 e. The van der Waals surface area contributed by atoms with Gasteiger partial charge in [0, 0.05) is 7.05 Å². The molecule has 1 rings (SSSR count). The molecule has 0 amide bonds. The number of nitrogens with zero attached hydrogens (tertiary/aromatic N) is 2. The van der Waals surface area contributed by atoms with Crippen LogP contribution in [0.2, 0.25) is 5.02 Å². The van der Waals surface area contributed by atoms with Crippen molar-refractivity contribution in [1.82, 2.24) is 15.2 Å². The second kappa shape index (κ2) is 5.17. The molecule has 11 heteroatoms. The van der Waals surface area contributed by atoms with E-state index >= 15 is 0 Å². The van der Waals surface area contributed by atoms with Gasteiger partial charge in [0.15, 0.2) is 5.92 Å². The topological polar surface area (TPSA) is 55.9 Å². The summed E-state index contributed by atoms with van der Waals surface area (Å²) in [6.45, 7) is 0. The Morgan fingerprint density at radius 2 is 1.74 bits per heavy atom. The quantitative estimate of drug-likeness (QED) is 0.512. The highest BCUT2D eigenvalue weighted by Gasteiger charge is 2.61. The van der Waals surface area contributed by atoms with Crippen molar-refractivity contribution in [2.75, 3.05) is 0 Å². The monoisotopic (exact) mass is 310 g/mol. The Morgan fingerprint density at radius 3 is 2.00 bits per heavy atom. The van der Waals surface area contributed by atoms with E-state index < -0.39 is 30.0 Å². The Balaban J connectivity index is 3.34. The van der Waals surface area contributed by atoms with E-state index in [0.717, 1.165) is 17.9 Å². The van der Waals surface area contributed by atoms with E-state index in [4.69, 9.17) is 17.4 Å². The van der Waals surface area contributed by atoms with Gasteiger partial charge in [-0.15, -0.1) is 0 Å². The number of nitrogens with two attached hydrogens (primary N) is 1. The van der Waals surface area contributed by atoms with Crippen LogP contribution in [0.3, 0.4) is 0 Å². The van der Waals surface area contributed by atoms with E-state index in [1.807, 2.05) is 0 Å². The fraction of sp³-hybridized carbons (Fsp3) is 0.625. The van der Waals surface area contributed by atoms with Crippen LogP contribution in [0.25, 0.3) is 0 Å². The first-order valence-electron chi connectivity index (χ1n) is 4.77. The molecule has 0 bridgehead atoms. The molecule has 0 aliphatic carbocycles. The molecule has 1 aromatic heterocycles. The predicted molar refractivity (Wildman–Crippen MR) is 53.9 cm³/mol. The average Bonchev–Trinajstić information content (AvgIpc) is 2.51. The first-order chi connectivity index (χ1) is 8.50. The van der Waals surface area contributed by atoms with Crippen molar-refractivity contribution >= 4 is 11.6 Å². The SMILES string of the molecule is Cn1ncc(Cl)c1C(NN)C(C(F)(F)F)C(F)(F)F. The second-order valence-electron chi connectivity index (χ2n) is 3.71. The molecule has 4 nitrogen and oxygen atoms in total.